The van der Waals surface area contributed by atoms with Gasteiger partial charge in [-0.1, -0.05) is 0 Å². The summed E-state index contributed by atoms with van der Waals surface area (Å²) in [4.78, 5) is 22.9. The number of esters is 1. The minimum absolute atomic E-state index is 0.0549. The Hall–Kier alpha value is -2.71. The first-order chi connectivity index (χ1) is 8.63. The van der Waals surface area contributed by atoms with Gasteiger partial charge < -0.3 is 15.8 Å². The van der Waals surface area contributed by atoms with Crippen molar-refractivity contribution in [2.45, 2.75) is 0 Å². The maximum Gasteiger partial charge on any atom is 0.377 e. The van der Waals surface area contributed by atoms with Gasteiger partial charge in [-0.3, -0.25) is 0 Å². The zero-order chi connectivity index (χ0) is 13.1. The number of nitrogen functional groups attached to an aromatic ring is 1. The summed E-state index contributed by atoms with van der Waals surface area (Å²) in [6.07, 6.45) is 1.34. The third-order valence-electron chi connectivity index (χ3n) is 2.08. The highest BCUT2D eigenvalue weighted by molar-refractivity contribution is 5.84. The lowest BCUT2D eigenvalue weighted by Gasteiger charge is -2.04. The van der Waals surface area contributed by atoms with Crippen LogP contribution in [0.2, 0.25) is 0 Å². The van der Waals surface area contributed by atoms with Crippen LogP contribution in [-0.2, 0) is 4.74 Å². The second-order valence-electron chi connectivity index (χ2n) is 3.22. The number of nitrogens with two attached hydrogens (primary N) is 1. The number of hydrogen-bond acceptors (Lipinski definition) is 8. The molecule has 2 rings (SSSR count). The number of aromatic nitrogens is 5. The van der Waals surface area contributed by atoms with Gasteiger partial charge in [0, 0.05) is 13.1 Å². The van der Waals surface area contributed by atoms with Crippen molar-refractivity contribution in [3.63, 3.8) is 0 Å². The summed E-state index contributed by atoms with van der Waals surface area (Å²) >= 11 is 0. The molecule has 0 aliphatic rings. The average Bonchev–Trinajstić information content (AvgIpc) is 2.86. The van der Waals surface area contributed by atoms with Crippen molar-refractivity contribution in [2.75, 3.05) is 25.2 Å². The maximum atomic E-state index is 11.2. The van der Waals surface area contributed by atoms with E-state index in [2.05, 4.69) is 30.1 Å². The summed E-state index contributed by atoms with van der Waals surface area (Å²) in [5.41, 5.74) is 5.55. The molecule has 18 heavy (non-hydrogen) atoms. The van der Waals surface area contributed by atoms with Gasteiger partial charge in [-0.2, -0.15) is 9.97 Å². The summed E-state index contributed by atoms with van der Waals surface area (Å²) in [5, 5.41) is 6.76. The van der Waals surface area contributed by atoms with E-state index in [1.807, 2.05) is 0 Å². The second kappa shape index (κ2) is 4.65. The van der Waals surface area contributed by atoms with Crippen molar-refractivity contribution >= 4 is 17.7 Å². The predicted molar refractivity (Wildman–Crippen MR) is 62.2 cm³/mol. The number of nitrogens with one attached hydrogen (secondary N) is 1. The van der Waals surface area contributed by atoms with Gasteiger partial charge in [0.1, 0.15) is 12.1 Å². The van der Waals surface area contributed by atoms with Crippen molar-refractivity contribution in [2.24, 2.45) is 0 Å². The highest BCUT2D eigenvalue weighted by atomic mass is 16.5. The molecule has 0 amide bonds. The summed E-state index contributed by atoms with van der Waals surface area (Å²) in [5.74, 6) is 0.347. The molecule has 3 N–H and O–H groups in total. The van der Waals surface area contributed by atoms with Crippen molar-refractivity contribution in [1.29, 1.82) is 0 Å². The van der Waals surface area contributed by atoms with Crippen LogP contribution in [0.1, 0.15) is 10.6 Å². The third kappa shape index (κ3) is 2.19. The number of anilines is 2. The molecule has 0 radical (unpaired) electrons. The molecule has 9 heteroatoms. The van der Waals surface area contributed by atoms with E-state index in [9.17, 15) is 4.79 Å². The molecule has 0 spiro atoms. The van der Waals surface area contributed by atoms with Gasteiger partial charge in [-0.25, -0.2) is 14.5 Å². The lowest BCUT2D eigenvalue weighted by molar-refractivity contribution is 0.0587. The number of ether oxygens (including phenoxy) is 1. The molecule has 2 aromatic heterocycles. The van der Waals surface area contributed by atoms with E-state index in [0.29, 0.717) is 11.6 Å². The zero-order valence-corrected chi connectivity index (χ0v) is 9.78. The van der Waals surface area contributed by atoms with Crippen LogP contribution in [-0.4, -0.2) is 44.9 Å². The molecule has 0 saturated carbocycles. The molecule has 0 bridgehead atoms. The third-order valence-corrected chi connectivity index (χ3v) is 2.08. The largest absolute Gasteiger partial charge is 0.463 e. The van der Waals surface area contributed by atoms with Crippen molar-refractivity contribution in [3.8, 4) is 5.82 Å². The Kier molecular flexibility index (Phi) is 3.04. The number of rotatable bonds is 3. The predicted octanol–water partition coefficient (Wildman–Crippen LogP) is -0.532. The number of nitrogens with zero attached hydrogens (tertiary/aromatic N) is 5. The second-order valence-corrected chi connectivity index (χ2v) is 3.22. The average molecular weight is 249 g/mol. The number of methoxy groups -OCH3 is 1. The van der Waals surface area contributed by atoms with Gasteiger partial charge in [0.15, 0.2) is 5.82 Å². The fraction of sp³-hybridized carbons (Fsp3) is 0.222. The molecular formula is C9H11N7O2. The molecule has 2 aromatic rings. The Morgan fingerprint density at radius 2 is 2.28 bits per heavy atom. The summed E-state index contributed by atoms with van der Waals surface area (Å²) in [6, 6.07) is 1.62. The van der Waals surface area contributed by atoms with Crippen LogP contribution in [0.15, 0.2) is 12.4 Å². The van der Waals surface area contributed by atoms with Gasteiger partial charge in [0.2, 0.25) is 5.95 Å². The Balaban J connectivity index is 2.39. The Bertz CT molecular complexity index is 580. The van der Waals surface area contributed by atoms with Crippen molar-refractivity contribution in [3.05, 3.63) is 18.2 Å². The molecule has 9 nitrogen and oxygen atoms in total. The SMILES string of the molecule is CNc1cc(-n2cnc(C(=O)OC)n2)nc(N)n1. The smallest absolute Gasteiger partial charge is 0.377 e. The van der Waals surface area contributed by atoms with Gasteiger partial charge in [-0.15, -0.1) is 5.10 Å². The van der Waals surface area contributed by atoms with Gasteiger partial charge in [0.05, 0.1) is 7.11 Å². The van der Waals surface area contributed by atoms with Crippen LogP contribution in [0.5, 0.6) is 0 Å². The van der Waals surface area contributed by atoms with Gasteiger partial charge in [-0.05, 0) is 0 Å². The van der Waals surface area contributed by atoms with Crippen LogP contribution in [0.3, 0.4) is 0 Å². The minimum Gasteiger partial charge on any atom is -0.463 e. The first-order valence-electron chi connectivity index (χ1n) is 4.96. The van der Waals surface area contributed by atoms with Crippen LogP contribution in [0.25, 0.3) is 5.82 Å². The van der Waals surface area contributed by atoms with Crippen molar-refractivity contribution in [1.82, 2.24) is 24.7 Å². The minimum atomic E-state index is -0.621. The van der Waals surface area contributed by atoms with Crippen LogP contribution < -0.4 is 11.1 Å². The fourth-order valence-electron chi connectivity index (χ4n) is 1.26. The van der Waals surface area contributed by atoms with E-state index in [1.165, 1.54) is 18.1 Å². The molecule has 0 aliphatic carbocycles. The summed E-state index contributed by atoms with van der Waals surface area (Å²) < 4.78 is 5.82. The fourth-order valence-corrected chi connectivity index (χ4v) is 1.26. The number of carbonyl (C=O) groups is 1. The molecule has 0 atom stereocenters. The van der Waals surface area contributed by atoms with Crippen molar-refractivity contribution < 1.29 is 9.53 Å². The maximum absolute atomic E-state index is 11.2. The molecule has 0 fully saturated rings. The lowest BCUT2D eigenvalue weighted by Crippen LogP contribution is -2.08. The van der Waals surface area contributed by atoms with E-state index in [0.717, 1.165) is 0 Å². The highest BCUT2D eigenvalue weighted by Crippen LogP contribution is 2.10. The number of carbonyl (C=O) groups excluding carboxylic acids is 1. The quantitative estimate of drug-likeness (QED) is 0.696. The topological polar surface area (TPSA) is 121 Å². The monoisotopic (exact) mass is 249 g/mol. The van der Waals surface area contributed by atoms with E-state index in [-0.39, 0.29) is 11.8 Å². The van der Waals surface area contributed by atoms with E-state index in [4.69, 9.17) is 5.73 Å². The zero-order valence-electron chi connectivity index (χ0n) is 9.78. The molecule has 2 heterocycles. The first kappa shape index (κ1) is 11.8. The molecule has 0 aliphatic heterocycles. The van der Waals surface area contributed by atoms with E-state index >= 15 is 0 Å². The van der Waals surface area contributed by atoms with Gasteiger partial charge in [0.25, 0.3) is 5.82 Å². The summed E-state index contributed by atoms with van der Waals surface area (Å²) in [7, 11) is 2.96. The molecule has 0 aromatic carbocycles. The Labute approximate surface area is 102 Å². The van der Waals surface area contributed by atoms with Gasteiger partial charge >= 0.3 is 5.97 Å². The van der Waals surface area contributed by atoms with Crippen LogP contribution in [0, 0.1) is 0 Å². The standard InChI is InChI=1S/C9H11N7O2/c1-11-5-3-6(14-9(10)13-5)16-4-12-7(15-16)8(17)18-2/h3-4H,1-2H3,(H3,10,11,13,14). The van der Waals surface area contributed by atoms with E-state index < -0.39 is 5.97 Å². The molecule has 0 unspecified atom stereocenters. The summed E-state index contributed by atoms with van der Waals surface area (Å²) in [6.45, 7) is 0. The molecule has 0 saturated heterocycles. The molecular weight excluding hydrogens is 238 g/mol. The highest BCUT2D eigenvalue weighted by Gasteiger charge is 2.13. The number of hydrogen-bond donors (Lipinski definition) is 2. The first-order valence-corrected chi connectivity index (χ1v) is 4.96. The lowest BCUT2D eigenvalue weighted by atomic mass is 10.5. The molecule has 94 valence electrons. The van der Waals surface area contributed by atoms with E-state index in [1.54, 1.807) is 13.1 Å². The Morgan fingerprint density at radius 3 is 2.94 bits per heavy atom. The van der Waals surface area contributed by atoms with Crippen LogP contribution >= 0.6 is 0 Å². The normalized spacial score (nSPS) is 10.1. The van der Waals surface area contributed by atoms with Crippen LogP contribution in [0.4, 0.5) is 11.8 Å². The Morgan fingerprint density at radius 1 is 1.50 bits per heavy atom.